The first-order chi connectivity index (χ1) is 11.2. The van der Waals surface area contributed by atoms with Crippen LogP contribution in [0.5, 0.6) is 0 Å². The first-order valence-electron chi connectivity index (χ1n) is 9.90. The maximum absolute atomic E-state index is 6.53. The maximum Gasteiger partial charge on any atom is 0.169 e. The Morgan fingerprint density at radius 1 is 1.04 bits per heavy atom. The number of hydrogen-bond acceptors (Lipinski definition) is 4. The average molecular weight is 340 g/mol. The molecule has 0 N–H and O–H groups in total. The van der Waals surface area contributed by atoms with Crippen molar-refractivity contribution in [3.63, 3.8) is 0 Å². The Kier molecular flexibility index (Phi) is 5.33. The van der Waals surface area contributed by atoms with E-state index in [1.165, 1.54) is 12.8 Å². The quantitative estimate of drug-likeness (QED) is 0.765. The highest BCUT2D eigenvalue weighted by atomic mass is 16.7. The summed E-state index contributed by atoms with van der Waals surface area (Å²) in [6.07, 6.45) is 5.33. The number of hydrogen-bond donors (Lipinski definition) is 0. The van der Waals surface area contributed by atoms with Gasteiger partial charge in [-0.3, -0.25) is 4.90 Å². The van der Waals surface area contributed by atoms with E-state index in [1.807, 2.05) is 0 Å². The fourth-order valence-electron chi connectivity index (χ4n) is 4.79. The molecule has 1 aliphatic carbocycles. The van der Waals surface area contributed by atoms with Crippen molar-refractivity contribution < 1.29 is 14.2 Å². The van der Waals surface area contributed by atoms with Gasteiger partial charge < -0.3 is 14.2 Å². The number of morpholine rings is 1. The van der Waals surface area contributed by atoms with Crippen molar-refractivity contribution >= 4 is 0 Å². The molecule has 4 heteroatoms. The van der Waals surface area contributed by atoms with Crippen LogP contribution in [-0.2, 0) is 14.2 Å². The molecule has 24 heavy (non-hydrogen) atoms. The zero-order chi connectivity index (χ0) is 17.5. The summed E-state index contributed by atoms with van der Waals surface area (Å²) in [5.41, 5.74) is 0.396. The summed E-state index contributed by atoms with van der Waals surface area (Å²) < 4.78 is 18.6. The molecule has 140 valence electrons. The lowest BCUT2D eigenvalue weighted by molar-refractivity contribution is -0.203. The predicted molar refractivity (Wildman–Crippen MR) is 96.0 cm³/mol. The zero-order valence-corrected chi connectivity index (χ0v) is 16.5. The van der Waals surface area contributed by atoms with Gasteiger partial charge in [0.05, 0.1) is 24.9 Å². The Balaban J connectivity index is 1.55. The SMILES string of the molecule is CC(C1COC2(CCC(C(C)(C)C)CC2)O1)N1C[C@@H](C)O[C@@H](C)C1. The number of nitrogens with zero attached hydrogens (tertiary/aromatic N) is 1. The molecule has 0 radical (unpaired) electrons. The average Bonchev–Trinajstić information content (AvgIpc) is 2.89. The molecule has 0 aromatic heterocycles. The third-order valence-electron chi connectivity index (χ3n) is 6.41. The van der Waals surface area contributed by atoms with Gasteiger partial charge in [-0.15, -0.1) is 0 Å². The topological polar surface area (TPSA) is 30.9 Å². The second-order valence-corrected chi connectivity index (χ2v) is 9.47. The minimum atomic E-state index is -0.301. The van der Waals surface area contributed by atoms with Crippen LogP contribution < -0.4 is 0 Å². The van der Waals surface area contributed by atoms with Gasteiger partial charge in [0.2, 0.25) is 0 Å². The Hall–Kier alpha value is -0.160. The first kappa shape index (κ1) is 18.6. The lowest BCUT2D eigenvalue weighted by Gasteiger charge is -2.42. The normalized spacial score (nSPS) is 43.2. The highest BCUT2D eigenvalue weighted by Crippen LogP contribution is 2.46. The van der Waals surface area contributed by atoms with Gasteiger partial charge in [0.25, 0.3) is 0 Å². The molecule has 1 spiro atoms. The summed E-state index contributed by atoms with van der Waals surface area (Å²) in [6, 6.07) is 0.388. The lowest BCUT2D eigenvalue weighted by Crippen LogP contribution is -2.53. The van der Waals surface area contributed by atoms with Gasteiger partial charge in [0.1, 0.15) is 0 Å². The lowest BCUT2D eigenvalue weighted by atomic mass is 9.71. The van der Waals surface area contributed by atoms with Crippen LogP contribution in [0.4, 0.5) is 0 Å². The summed E-state index contributed by atoms with van der Waals surface area (Å²) in [7, 11) is 0. The number of rotatable bonds is 2. The molecule has 0 aromatic carbocycles. The first-order valence-corrected chi connectivity index (χ1v) is 9.90. The van der Waals surface area contributed by atoms with Crippen molar-refractivity contribution in [2.45, 2.75) is 97.4 Å². The van der Waals surface area contributed by atoms with E-state index in [0.29, 0.717) is 23.7 Å². The third kappa shape index (κ3) is 3.98. The van der Waals surface area contributed by atoms with Crippen LogP contribution >= 0.6 is 0 Å². The van der Waals surface area contributed by atoms with E-state index in [-0.39, 0.29) is 11.9 Å². The van der Waals surface area contributed by atoms with Gasteiger partial charge in [-0.25, -0.2) is 0 Å². The summed E-state index contributed by atoms with van der Waals surface area (Å²) >= 11 is 0. The van der Waals surface area contributed by atoms with Crippen LogP contribution in [0.25, 0.3) is 0 Å². The van der Waals surface area contributed by atoms with Gasteiger partial charge in [-0.05, 0) is 44.9 Å². The van der Waals surface area contributed by atoms with E-state index in [4.69, 9.17) is 14.2 Å². The molecule has 0 aromatic rings. The molecule has 2 unspecified atom stereocenters. The highest BCUT2D eigenvalue weighted by molar-refractivity contribution is 4.92. The fraction of sp³-hybridized carbons (Fsp3) is 1.00. The summed E-state index contributed by atoms with van der Waals surface area (Å²) in [4.78, 5) is 2.52. The van der Waals surface area contributed by atoms with Crippen molar-refractivity contribution in [1.82, 2.24) is 4.90 Å². The minimum Gasteiger partial charge on any atom is -0.373 e. The molecular formula is C20H37NO3. The zero-order valence-electron chi connectivity index (χ0n) is 16.5. The van der Waals surface area contributed by atoms with Crippen molar-refractivity contribution in [2.24, 2.45) is 11.3 Å². The van der Waals surface area contributed by atoms with Crippen LogP contribution in [0.15, 0.2) is 0 Å². The van der Waals surface area contributed by atoms with Crippen LogP contribution in [0.3, 0.4) is 0 Å². The molecule has 1 saturated carbocycles. The monoisotopic (exact) mass is 339 g/mol. The summed E-state index contributed by atoms with van der Waals surface area (Å²) in [5, 5.41) is 0. The summed E-state index contributed by atoms with van der Waals surface area (Å²) in [5.74, 6) is 0.484. The van der Waals surface area contributed by atoms with E-state index in [9.17, 15) is 0 Å². The van der Waals surface area contributed by atoms with E-state index < -0.39 is 0 Å². The Morgan fingerprint density at radius 2 is 1.62 bits per heavy atom. The largest absolute Gasteiger partial charge is 0.373 e. The van der Waals surface area contributed by atoms with Crippen molar-refractivity contribution in [2.75, 3.05) is 19.7 Å². The molecule has 3 fully saturated rings. The van der Waals surface area contributed by atoms with Gasteiger partial charge in [-0.1, -0.05) is 20.8 Å². The molecule has 2 heterocycles. The van der Waals surface area contributed by atoms with E-state index >= 15 is 0 Å². The molecule has 3 rings (SSSR count). The summed E-state index contributed by atoms with van der Waals surface area (Å²) in [6.45, 7) is 16.4. The molecule has 3 aliphatic rings. The number of ether oxygens (including phenoxy) is 3. The molecule has 0 amide bonds. The molecule has 2 saturated heterocycles. The van der Waals surface area contributed by atoms with Crippen molar-refractivity contribution in [3.8, 4) is 0 Å². The fourth-order valence-corrected chi connectivity index (χ4v) is 4.79. The molecule has 4 nitrogen and oxygen atoms in total. The predicted octanol–water partition coefficient (Wildman–Crippen LogP) is 3.83. The molecule has 2 aliphatic heterocycles. The van der Waals surface area contributed by atoms with Gasteiger partial charge in [-0.2, -0.15) is 0 Å². The Morgan fingerprint density at radius 3 is 2.17 bits per heavy atom. The highest BCUT2D eigenvalue weighted by Gasteiger charge is 2.48. The van der Waals surface area contributed by atoms with Gasteiger partial charge >= 0.3 is 0 Å². The van der Waals surface area contributed by atoms with Gasteiger partial charge in [0.15, 0.2) is 5.79 Å². The van der Waals surface area contributed by atoms with E-state index in [2.05, 4.69) is 46.4 Å². The molecular weight excluding hydrogens is 302 g/mol. The Labute approximate surface area is 148 Å². The van der Waals surface area contributed by atoms with E-state index in [0.717, 1.165) is 38.5 Å². The van der Waals surface area contributed by atoms with Crippen LogP contribution in [0.1, 0.15) is 67.2 Å². The third-order valence-corrected chi connectivity index (χ3v) is 6.41. The minimum absolute atomic E-state index is 0.189. The van der Waals surface area contributed by atoms with Gasteiger partial charge in [0, 0.05) is 32.0 Å². The molecule has 0 bridgehead atoms. The van der Waals surface area contributed by atoms with Crippen molar-refractivity contribution in [1.29, 1.82) is 0 Å². The Bertz CT molecular complexity index is 415. The van der Waals surface area contributed by atoms with Crippen molar-refractivity contribution in [3.05, 3.63) is 0 Å². The maximum atomic E-state index is 6.53. The van der Waals surface area contributed by atoms with Crippen LogP contribution in [0, 0.1) is 11.3 Å². The van der Waals surface area contributed by atoms with E-state index in [1.54, 1.807) is 0 Å². The van der Waals surface area contributed by atoms with Crippen LogP contribution in [0.2, 0.25) is 0 Å². The molecule has 4 atom stereocenters. The second kappa shape index (κ2) is 6.86. The second-order valence-electron chi connectivity index (χ2n) is 9.47. The van der Waals surface area contributed by atoms with Crippen LogP contribution in [-0.4, -0.2) is 54.7 Å². The standard InChI is InChI=1S/C20H37NO3/c1-14-11-21(12-15(2)23-14)16(3)18-13-22-20(24-18)9-7-17(8-10-20)19(4,5)6/h14-18H,7-13H2,1-6H3/t14-,15+,16?,17?,18?,20?. The smallest absolute Gasteiger partial charge is 0.169 e.